The molecule has 0 atom stereocenters. The van der Waals surface area contributed by atoms with Crippen molar-refractivity contribution in [2.24, 2.45) is 0 Å². The SMILES string of the molecule is O=C(Cc1c[nH]c2ccccc12)NCc1ccnc(-c2cccnc2)c1. The molecule has 0 saturated heterocycles. The van der Waals surface area contributed by atoms with Crippen LogP contribution in [-0.4, -0.2) is 20.9 Å². The number of H-pyrrole nitrogens is 1. The maximum absolute atomic E-state index is 12.3. The van der Waals surface area contributed by atoms with Gasteiger partial charge in [0, 0.05) is 47.8 Å². The molecule has 4 aromatic rings. The molecule has 0 bridgehead atoms. The van der Waals surface area contributed by atoms with Crippen LogP contribution in [0.25, 0.3) is 22.2 Å². The molecule has 0 saturated carbocycles. The molecule has 0 fully saturated rings. The number of fused-ring (bicyclic) bond motifs is 1. The van der Waals surface area contributed by atoms with Gasteiger partial charge in [-0.1, -0.05) is 18.2 Å². The van der Waals surface area contributed by atoms with Crippen molar-refractivity contribution in [3.8, 4) is 11.3 Å². The number of para-hydroxylation sites is 1. The Balaban J connectivity index is 1.42. The first-order valence-corrected chi connectivity index (χ1v) is 8.46. The summed E-state index contributed by atoms with van der Waals surface area (Å²) in [4.78, 5) is 24.0. The Morgan fingerprint density at radius 3 is 2.88 bits per heavy atom. The first kappa shape index (κ1) is 16.0. The number of benzene rings is 1. The molecule has 128 valence electrons. The minimum Gasteiger partial charge on any atom is -0.361 e. The molecular formula is C21H18N4O. The molecule has 1 aromatic carbocycles. The number of hydrogen-bond acceptors (Lipinski definition) is 3. The predicted octanol–water partition coefficient (Wildman–Crippen LogP) is 3.48. The summed E-state index contributed by atoms with van der Waals surface area (Å²) in [6.07, 6.45) is 7.52. The molecule has 2 N–H and O–H groups in total. The van der Waals surface area contributed by atoms with Gasteiger partial charge in [0.1, 0.15) is 0 Å². The van der Waals surface area contributed by atoms with Crippen LogP contribution in [0, 0.1) is 0 Å². The highest BCUT2D eigenvalue weighted by atomic mass is 16.1. The van der Waals surface area contributed by atoms with Crippen molar-refractivity contribution in [1.82, 2.24) is 20.3 Å². The van der Waals surface area contributed by atoms with Crippen LogP contribution < -0.4 is 5.32 Å². The quantitative estimate of drug-likeness (QED) is 0.583. The minimum absolute atomic E-state index is 0.00510. The third-order valence-electron chi connectivity index (χ3n) is 4.30. The zero-order valence-electron chi connectivity index (χ0n) is 14.1. The van der Waals surface area contributed by atoms with E-state index < -0.39 is 0 Å². The summed E-state index contributed by atoms with van der Waals surface area (Å²) in [5.41, 5.74) is 4.86. The van der Waals surface area contributed by atoms with Crippen molar-refractivity contribution in [3.63, 3.8) is 0 Å². The summed E-state index contributed by atoms with van der Waals surface area (Å²) in [6.45, 7) is 0.469. The van der Waals surface area contributed by atoms with Crippen molar-refractivity contribution in [3.05, 3.63) is 84.4 Å². The summed E-state index contributed by atoms with van der Waals surface area (Å²) in [5, 5.41) is 4.07. The average molecular weight is 342 g/mol. The van der Waals surface area contributed by atoms with E-state index in [2.05, 4.69) is 20.3 Å². The lowest BCUT2D eigenvalue weighted by molar-refractivity contribution is -0.120. The van der Waals surface area contributed by atoms with E-state index in [1.54, 1.807) is 18.6 Å². The third-order valence-corrected chi connectivity index (χ3v) is 4.30. The lowest BCUT2D eigenvalue weighted by Gasteiger charge is -2.07. The Hall–Kier alpha value is -3.47. The Kier molecular flexibility index (Phi) is 4.43. The van der Waals surface area contributed by atoms with Crippen molar-refractivity contribution >= 4 is 16.8 Å². The molecule has 5 heteroatoms. The van der Waals surface area contributed by atoms with Gasteiger partial charge in [0.05, 0.1) is 12.1 Å². The molecule has 5 nitrogen and oxygen atoms in total. The summed E-state index contributed by atoms with van der Waals surface area (Å²) < 4.78 is 0. The lowest BCUT2D eigenvalue weighted by atomic mass is 10.1. The normalized spacial score (nSPS) is 10.8. The topological polar surface area (TPSA) is 70.7 Å². The summed E-state index contributed by atoms with van der Waals surface area (Å²) in [6, 6.07) is 15.7. The third kappa shape index (κ3) is 3.47. The Morgan fingerprint density at radius 1 is 1.08 bits per heavy atom. The monoisotopic (exact) mass is 342 g/mol. The minimum atomic E-state index is -0.00510. The van der Waals surface area contributed by atoms with Crippen LogP contribution in [0.2, 0.25) is 0 Å². The largest absolute Gasteiger partial charge is 0.361 e. The second-order valence-corrected chi connectivity index (χ2v) is 6.10. The van der Waals surface area contributed by atoms with E-state index in [0.717, 1.165) is 33.3 Å². The summed E-state index contributed by atoms with van der Waals surface area (Å²) in [7, 11) is 0. The fraction of sp³-hybridized carbons (Fsp3) is 0.0952. The van der Waals surface area contributed by atoms with Crippen LogP contribution in [0.15, 0.2) is 73.3 Å². The number of aromatic amines is 1. The molecule has 3 aromatic heterocycles. The van der Waals surface area contributed by atoms with Crippen molar-refractivity contribution in [1.29, 1.82) is 0 Å². The maximum Gasteiger partial charge on any atom is 0.224 e. The molecular weight excluding hydrogens is 324 g/mol. The Labute approximate surface area is 151 Å². The van der Waals surface area contributed by atoms with E-state index >= 15 is 0 Å². The molecule has 0 unspecified atom stereocenters. The van der Waals surface area contributed by atoms with E-state index in [0.29, 0.717) is 13.0 Å². The van der Waals surface area contributed by atoms with Crippen molar-refractivity contribution < 1.29 is 4.79 Å². The number of nitrogens with zero attached hydrogens (tertiary/aromatic N) is 2. The van der Waals surface area contributed by atoms with E-state index in [9.17, 15) is 4.79 Å². The van der Waals surface area contributed by atoms with Gasteiger partial charge in [-0.25, -0.2) is 0 Å². The lowest BCUT2D eigenvalue weighted by Crippen LogP contribution is -2.24. The van der Waals surface area contributed by atoms with Gasteiger partial charge in [-0.2, -0.15) is 0 Å². The van der Waals surface area contributed by atoms with E-state index in [-0.39, 0.29) is 5.91 Å². The van der Waals surface area contributed by atoms with Gasteiger partial charge in [-0.15, -0.1) is 0 Å². The second kappa shape index (κ2) is 7.19. The molecule has 1 amide bonds. The number of aromatic nitrogens is 3. The number of pyridine rings is 2. The maximum atomic E-state index is 12.3. The summed E-state index contributed by atoms with van der Waals surface area (Å²) >= 11 is 0. The van der Waals surface area contributed by atoms with Gasteiger partial charge in [0.2, 0.25) is 5.91 Å². The number of rotatable bonds is 5. The number of amides is 1. The van der Waals surface area contributed by atoms with E-state index in [4.69, 9.17) is 0 Å². The van der Waals surface area contributed by atoms with Gasteiger partial charge in [0.15, 0.2) is 0 Å². The van der Waals surface area contributed by atoms with Crippen LogP contribution in [-0.2, 0) is 17.8 Å². The van der Waals surface area contributed by atoms with Crippen LogP contribution in [0.4, 0.5) is 0 Å². The average Bonchev–Trinajstić information content (AvgIpc) is 3.10. The van der Waals surface area contributed by atoms with Gasteiger partial charge in [-0.3, -0.25) is 14.8 Å². The summed E-state index contributed by atoms with van der Waals surface area (Å²) in [5.74, 6) is -0.00510. The van der Waals surface area contributed by atoms with E-state index in [1.165, 1.54) is 0 Å². The van der Waals surface area contributed by atoms with Gasteiger partial charge in [0.25, 0.3) is 0 Å². The zero-order valence-corrected chi connectivity index (χ0v) is 14.1. The zero-order chi connectivity index (χ0) is 17.8. The van der Waals surface area contributed by atoms with Crippen molar-refractivity contribution in [2.75, 3.05) is 0 Å². The predicted molar refractivity (Wildman–Crippen MR) is 101 cm³/mol. The second-order valence-electron chi connectivity index (χ2n) is 6.10. The van der Waals surface area contributed by atoms with Crippen LogP contribution in [0.3, 0.4) is 0 Å². The molecule has 0 radical (unpaired) electrons. The highest BCUT2D eigenvalue weighted by Gasteiger charge is 2.09. The fourth-order valence-electron chi connectivity index (χ4n) is 2.97. The van der Waals surface area contributed by atoms with E-state index in [1.807, 2.05) is 54.7 Å². The first-order chi connectivity index (χ1) is 12.8. The fourth-order valence-corrected chi connectivity index (χ4v) is 2.97. The number of hydrogen-bond donors (Lipinski definition) is 2. The number of nitrogens with one attached hydrogen (secondary N) is 2. The highest BCUT2D eigenvalue weighted by Crippen LogP contribution is 2.18. The molecule has 0 aliphatic carbocycles. The van der Waals surface area contributed by atoms with Gasteiger partial charge in [-0.05, 0) is 41.5 Å². The van der Waals surface area contributed by atoms with Crippen LogP contribution >= 0.6 is 0 Å². The molecule has 3 heterocycles. The molecule has 0 spiro atoms. The standard InChI is InChI=1S/C21H18N4O/c26-21(11-17-14-24-19-6-2-1-5-18(17)19)25-12-15-7-9-23-20(10-15)16-4-3-8-22-13-16/h1-10,13-14,24H,11-12H2,(H,25,26). The van der Waals surface area contributed by atoms with Crippen LogP contribution in [0.1, 0.15) is 11.1 Å². The first-order valence-electron chi connectivity index (χ1n) is 8.46. The van der Waals surface area contributed by atoms with Gasteiger partial charge >= 0.3 is 0 Å². The van der Waals surface area contributed by atoms with Crippen molar-refractivity contribution in [2.45, 2.75) is 13.0 Å². The molecule has 0 aliphatic heterocycles. The molecule has 26 heavy (non-hydrogen) atoms. The van der Waals surface area contributed by atoms with Crippen LogP contribution in [0.5, 0.6) is 0 Å². The molecule has 4 rings (SSSR count). The Bertz CT molecular complexity index is 1040. The number of carbonyl (C=O) groups is 1. The smallest absolute Gasteiger partial charge is 0.224 e. The highest BCUT2D eigenvalue weighted by molar-refractivity contribution is 5.88. The Morgan fingerprint density at radius 2 is 2.00 bits per heavy atom. The van der Waals surface area contributed by atoms with Gasteiger partial charge < -0.3 is 10.3 Å². The molecule has 0 aliphatic rings. The number of carbonyl (C=O) groups excluding carboxylic acids is 1.